The average Bonchev–Trinajstić information content (AvgIpc) is 2.80. The first-order chi connectivity index (χ1) is 8.72. The van der Waals surface area contributed by atoms with Gasteiger partial charge in [0.1, 0.15) is 0 Å². The summed E-state index contributed by atoms with van der Waals surface area (Å²) in [7, 11) is 0. The number of rotatable bonds is 3. The third-order valence-electron chi connectivity index (χ3n) is 2.80. The number of hydrogen-bond acceptors (Lipinski definition) is 3. The van der Waals surface area contributed by atoms with E-state index in [1.165, 1.54) is 12.2 Å². The first kappa shape index (κ1) is 12.4. The van der Waals surface area contributed by atoms with Gasteiger partial charge >= 0.3 is 5.97 Å². The van der Waals surface area contributed by atoms with Crippen molar-refractivity contribution < 1.29 is 14.3 Å². The van der Waals surface area contributed by atoms with Crippen LogP contribution in [0.25, 0.3) is 0 Å². The molecule has 1 aromatic carbocycles. The highest BCUT2D eigenvalue weighted by Crippen LogP contribution is 2.27. The van der Waals surface area contributed by atoms with Gasteiger partial charge in [-0.2, -0.15) is 0 Å². The molecule has 0 unspecified atom stereocenters. The number of fused-ring (bicyclic) bond motifs is 1. The number of benzene rings is 1. The van der Waals surface area contributed by atoms with Gasteiger partial charge in [-0.15, -0.1) is 0 Å². The second-order valence-electron chi connectivity index (χ2n) is 3.95. The van der Waals surface area contributed by atoms with E-state index in [0.29, 0.717) is 13.2 Å². The summed E-state index contributed by atoms with van der Waals surface area (Å²) in [6.07, 6.45) is 3.29. The van der Waals surface area contributed by atoms with Gasteiger partial charge in [-0.05, 0) is 25.0 Å². The molecule has 1 aliphatic rings. The van der Waals surface area contributed by atoms with Gasteiger partial charge in [0.15, 0.2) is 0 Å². The molecule has 4 nitrogen and oxygen atoms in total. The zero-order valence-corrected chi connectivity index (χ0v) is 10.3. The molecule has 1 heterocycles. The van der Waals surface area contributed by atoms with Crippen LogP contribution in [0.3, 0.4) is 0 Å². The second-order valence-corrected chi connectivity index (χ2v) is 3.95. The molecule has 0 fully saturated rings. The Labute approximate surface area is 106 Å². The molecule has 1 aliphatic heterocycles. The Bertz CT molecular complexity index is 494. The van der Waals surface area contributed by atoms with E-state index in [4.69, 9.17) is 4.74 Å². The molecule has 0 bridgehead atoms. The Hall–Kier alpha value is -2.10. The van der Waals surface area contributed by atoms with Crippen LogP contribution in [0.5, 0.6) is 0 Å². The summed E-state index contributed by atoms with van der Waals surface area (Å²) in [5, 5.41) is 0. The first-order valence-corrected chi connectivity index (χ1v) is 5.96. The maximum atomic E-state index is 11.9. The highest BCUT2D eigenvalue weighted by atomic mass is 16.5. The number of ether oxygens (including phenoxy) is 1. The zero-order chi connectivity index (χ0) is 13.0. The number of carbonyl (C=O) groups excluding carboxylic acids is 2. The molecule has 2 rings (SSSR count). The summed E-state index contributed by atoms with van der Waals surface area (Å²) >= 11 is 0. The van der Waals surface area contributed by atoms with E-state index in [-0.39, 0.29) is 5.91 Å². The minimum Gasteiger partial charge on any atom is -0.463 e. The molecule has 1 amide bonds. The monoisotopic (exact) mass is 245 g/mol. The molecular formula is C14H15NO3. The third kappa shape index (κ3) is 2.59. The number of carbonyl (C=O) groups is 2. The standard InChI is InChI=1S/C14H15NO3/c1-2-18-14(17)8-7-13(16)15-10-9-11-5-3-4-6-12(11)15/h3-8H,2,9-10H2,1H3. The molecule has 0 aliphatic carbocycles. The minimum absolute atomic E-state index is 0.187. The van der Waals surface area contributed by atoms with Crippen molar-refractivity contribution in [1.82, 2.24) is 0 Å². The molecule has 0 saturated heterocycles. The second kappa shape index (κ2) is 5.49. The maximum Gasteiger partial charge on any atom is 0.330 e. The quantitative estimate of drug-likeness (QED) is 0.601. The van der Waals surface area contributed by atoms with Crippen LogP contribution in [0.4, 0.5) is 5.69 Å². The molecule has 4 heteroatoms. The third-order valence-corrected chi connectivity index (χ3v) is 2.80. The maximum absolute atomic E-state index is 11.9. The molecule has 0 N–H and O–H groups in total. The van der Waals surface area contributed by atoms with Crippen LogP contribution in [0.15, 0.2) is 36.4 Å². The van der Waals surface area contributed by atoms with Crippen LogP contribution in [0.2, 0.25) is 0 Å². The molecule has 0 atom stereocenters. The topological polar surface area (TPSA) is 46.6 Å². The summed E-state index contributed by atoms with van der Waals surface area (Å²) in [5.74, 6) is -0.675. The van der Waals surface area contributed by atoms with E-state index in [1.54, 1.807) is 11.8 Å². The summed E-state index contributed by atoms with van der Waals surface area (Å²) in [4.78, 5) is 24.7. The van der Waals surface area contributed by atoms with Crippen LogP contribution < -0.4 is 4.90 Å². The van der Waals surface area contributed by atoms with E-state index in [2.05, 4.69) is 0 Å². The Morgan fingerprint density at radius 1 is 1.33 bits per heavy atom. The van der Waals surface area contributed by atoms with Gasteiger partial charge in [-0.1, -0.05) is 18.2 Å². The minimum atomic E-state index is -0.488. The smallest absolute Gasteiger partial charge is 0.330 e. The fourth-order valence-corrected chi connectivity index (χ4v) is 1.99. The molecule has 1 aromatic rings. The Morgan fingerprint density at radius 3 is 2.89 bits per heavy atom. The average molecular weight is 245 g/mol. The van der Waals surface area contributed by atoms with Gasteiger partial charge in [0.05, 0.1) is 6.61 Å². The molecule has 0 radical (unpaired) electrons. The number of nitrogens with zero attached hydrogens (tertiary/aromatic N) is 1. The summed E-state index contributed by atoms with van der Waals surface area (Å²) in [6.45, 7) is 2.69. The highest BCUT2D eigenvalue weighted by molar-refractivity contribution is 6.05. The Balaban J connectivity index is 2.06. The van der Waals surface area contributed by atoms with Gasteiger partial charge in [0.2, 0.25) is 0 Å². The van der Waals surface area contributed by atoms with Crippen molar-refractivity contribution in [1.29, 1.82) is 0 Å². The van der Waals surface area contributed by atoms with Gasteiger partial charge in [0.25, 0.3) is 5.91 Å². The van der Waals surface area contributed by atoms with Crippen molar-refractivity contribution in [3.8, 4) is 0 Å². The van der Waals surface area contributed by atoms with Gasteiger partial charge < -0.3 is 9.64 Å². The van der Waals surface area contributed by atoms with Crippen LogP contribution >= 0.6 is 0 Å². The fraction of sp³-hybridized carbons (Fsp3) is 0.286. The number of hydrogen-bond donors (Lipinski definition) is 0. The molecule has 0 spiro atoms. The van der Waals surface area contributed by atoms with E-state index < -0.39 is 5.97 Å². The summed E-state index contributed by atoms with van der Waals surface area (Å²) < 4.78 is 4.73. The van der Waals surface area contributed by atoms with Crippen molar-refractivity contribution in [2.45, 2.75) is 13.3 Å². The molecule has 18 heavy (non-hydrogen) atoms. The largest absolute Gasteiger partial charge is 0.463 e. The van der Waals surface area contributed by atoms with Crippen molar-refractivity contribution in [2.24, 2.45) is 0 Å². The lowest BCUT2D eigenvalue weighted by Crippen LogP contribution is -2.27. The SMILES string of the molecule is CCOC(=O)C=CC(=O)N1CCc2ccccc21. The van der Waals surface area contributed by atoms with Gasteiger partial charge in [0, 0.05) is 24.4 Å². The Morgan fingerprint density at radius 2 is 2.11 bits per heavy atom. The van der Waals surface area contributed by atoms with Crippen LogP contribution in [-0.4, -0.2) is 25.0 Å². The number of amides is 1. The highest BCUT2D eigenvalue weighted by Gasteiger charge is 2.22. The van der Waals surface area contributed by atoms with Crippen LogP contribution in [0.1, 0.15) is 12.5 Å². The van der Waals surface area contributed by atoms with E-state index in [0.717, 1.165) is 17.7 Å². The van der Waals surface area contributed by atoms with E-state index in [9.17, 15) is 9.59 Å². The van der Waals surface area contributed by atoms with E-state index in [1.807, 2.05) is 24.3 Å². The first-order valence-electron chi connectivity index (χ1n) is 5.96. The van der Waals surface area contributed by atoms with E-state index >= 15 is 0 Å². The number of para-hydroxylation sites is 1. The molecule has 0 saturated carbocycles. The van der Waals surface area contributed by atoms with Crippen molar-refractivity contribution in [3.05, 3.63) is 42.0 Å². The van der Waals surface area contributed by atoms with Gasteiger partial charge in [-0.3, -0.25) is 4.79 Å². The Kier molecular flexibility index (Phi) is 3.77. The lowest BCUT2D eigenvalue weighted by atomic mass is 10.2. The summed E-state index contributed by atoms with van der Waals surface area (Å²) in [6, 6.07) is 7.79. The predicted molar refractivity (Wildman–Crippen MR) is 68.3 cm³/mol. The zero-order valence-electron chi connectivity index (χ0n) is 10.3. The molecule has 0 aromatic heterocycles. The number of anilines is 1. The van der Waals surface area contributed by atoms with Crippen LogP contribution in [0, 0.1) is 0 Å². The normalized spacial score (nSPS) is 13.7. The predicted octanol–water partition coefficient (Wildman–Crippen LogP) is 1.70. The lowest BCUT2D eigenvalue weighted by Gasteiger charge is -2.14. The number of esters is 1. The summed E-state index contributed by atoms with van der Waals surface area (Å²) in [5.41, 5.74) is 2.09. The van der Waals surface area contributed by atoms with Crippen molar-refractivity contribution in [2.75, 3.05) is 18.1 Å². The van der Waals surface area contributed by atoms with Crippen molar-refractivity contribution in [3.63, 3.8) is 0 Å². The van der Waals surface area contributed by atoms with Crippen LogP contribution in [-0.2, 0) is 20.7 Å². The van der Waals surface area contributed by atoms with Gasteiger partial charge in [-0.25, -0.2) is 4.79 Å². The molecule has 94 valence electrons. The van der Waals surface area contributed by atoms with Crippen molar-refractivity contribution >= 4 is 17.6 Å². The lowest BCUT2D eigenvalue weighted by molar-refractivity contribution is -0.137. The fourth-order valence-electron chi connectivity index (χ4n) is 1.99. The molecular weight excluding hydrogens is 230 g/mol.